The van der Waals surface area contributed by atoms with Gasteiger partial charge in [-0.2, -0.15) is 6.42 Å². The summed E-state index contributed by atoms with van der Waals surface area (Å²) in [6.07, 6.45) is 1.74. The number of benzene rings is 1. The molecule has 0 bridgehead atoms. The van der Waals surface area contributed by atoms with Gasteiger partial charge < -0.3 is 18.8 Å². The Labute approximate surface area is 106 Å². The second-order valence-electron chi connectivity index (χ2n) is 2.74. The van der Waals surface area contributed by atoms with E-state index in [1.54, 1.807) is 0 Å². The van der Waals surface area contributed by atoms with Crippen molar-refractivity contribution in [2.45, 2.75) is 18.9 Å². The molecule has 4 N–H and O–H groups in total. The molecular formula is C10H16N2Y-2. The van der Waals surface area contributed by atoms with Crippen molar-refractivity contribution in [1.82, 2.24) is 0 Å². The van der Waals surface area contributed by atoms with Crippen LogP contribution in [0, 0.1) is 6.92 Å². The maximum atomic E-state index is 5.74. The van der Waals surface area contributed by atoms with Crippen LogP contribution in [0.25, 0.3) is 6.15 Å². The molecule has 2 nitrogen and oxygen atoms in total. The Kier molecular flexibility index (Phi) is 10.7. The minimum Gasteiger partial charge on any atom is -0.693 e. The summed E-state index contributed by atoms with van der Waals surface area (Å²) in [6.45, 7) is 3.76. The Bertz CT molecular complexity index is 201. The topological polar surface area (TPSA) is 59.5 Å². The van der Waals surface area contributed by atoms with Crippen molar-refractivity contribution in [2.75, 3.05) is 0 Å². The van der Waals surface area contributed by atoms with Gasteiger partial charge in [0.1, 0.15) is 0 Å². The van der Waals surface area contributed by atoms with E-state index in [0.717, 1.165) is 12.8 Å². The molecule has 1 unspecified atom stereocenters. The Morgan fingerprint density at radius 3 is 2.23 bits per heavy atom. The average molecular weight is 253 g/mol. The molecular weight excluding hydrogens is 237 g/mol. The molecule has 0 fully saturated rings. The molecule has 1 aromatic carbocycles. The van der Waals surface area contributed by atoms with E-state index in [-0.39, 0.29) is 44.9 Å². The van der Waals surface area contributed by atoms with Crippen LogP contribution in [-0.4, -0.2) is 6.04 Å². The first-order valence-electron chi connectivity index (χ1n) is 3.91. The molecule has 71 valence electrons. The third-order valence-corrected chi connectivity index (χ3v) is 1.71. The first kappa shape index (κ1) is 15.7. The van der Waals surface area contributed by atoms with E-state index in [0.29, 0.717) is 0 Å². The smallest absolute Gasteiger partial charge is 0 e. The van der Waals surface area contributed by atoms with Crippen LogP contribution in [0.15, 0.2) is 30.3 Å². The van der Waals surface area contributed by atoms with Crippen molar-refractivity contribution in [2.24, 2.45) is 5.73 Å². The van der Waals surface area contributed by atoms with Gasteiger partial charge in [-0.1, -0.05) is 30.3 Å². The van der Waals surface area contributed by atoms with Crippen LogP contribution >= 0.6 is 0 Å². The van der Waals surface area contributed by atoms with Crippen molar-refractivity contribution in [3.05, 3.63) is 49.0 Å². The molecule has 1 radical (unpaired) electrons. The van der Waals surface area contributed by atoms with Crippen molar-refractivity contribution < 1.29 is 32.7 Å². The third-order valence-electron chi connectivity index (χ3n) is 1.71. The van der Waals surface area contributed by atoms with E-state index in [9.17, 15) is 0 Å². The van der Waals surface area contributed by atoms with Gasteiger partial charge in [0.15, 0.2) is 0 Å². The summed E-state index contributed by atoms with van der Waals surface area (Å²) in [7, 11) is 0. The van der Waals surface area contributed by atoms with Crippen LogP contribution < -0.4 is 5.73 Å². The molecule has 1 rings (SSSR count). The summed E-state index contributed by atoms with van der Waals surface area (Å²) in [5.41, 5.74) is 7.04. The fourth-order valence-electron chi connectivity index (χ4n) is 1.02. The van der Waals surface area contributed by atoms with Gasteiger partial charge >= 0.3 is 0 Å². The van der Waals surface area contributed by atoms with Crippen LogP contribution in [-0.2, 0) is 39.1 Å². The zero-order valence-electron chi connectivity index (χ0n) is 7.82. The predicted octanol–water partition coefficient (Wildman–Crippen LogP) is 2.50. The summed E-state index contributed by atoms with van der Waals surface area (Å²) in [6, 6.07) is 10.5. The van der Waals surface area contributed by atoms with E-state index in [2.05, 4.69) is 19.1 Å². The van der Waals surface area contributed by atoms with Gasteiger partial charge in [-0.3, -0.25) is 0 Å². The van der Waals surface area contributed by atoms with Gasteiger partial charge in [-0.15, -0.1) is 0 Å². The van der Waals surface area contributed by atoms with Gasteiger partial charge in [-0.05, 0) is 18.0 Å². The molecule has 13 heavy (non-hydrogen) atoms. The quantitative estimate of drug-likeness (QED) is 0.826. The molecule has 0 saturated heterocycles. The van der Waals surface area contributed by atoms with Crippen LogP contribution in [0.1, 0.15) is 12.0 Å². The molecule has 0 aromatic heterocycles. The Morgan fingerprint density at radius 1 is 1.23 bits per heavy atom. The van der Waals surface area contributed by atoms with Crippen molar-refractivity contribution in [1.29, 1.82) is 0 Å². The van der Waals surface area contributed by atoms with Crippen molar-refractivity contribution >= 4 is 0 Å². The van der Waals surface area contributed by atoms with Crippen molar-refractivity contribution in [3.63, 3.8) is 0 Å². The standard InChI is InChI=1S/C10H14N.H2N.Y/c1-2-10(11)8-9-6-4-3-5-7-9;;/h3-7,10H,1-2,8,11H2;1H2;/q2*-1;. The van der Waals surface area contributed by atoms with E-state index in [1.807, 2.05) is 18.2 Å². The molecule has 3 heteroatoms. The van der Waals surface area contributed by atoms with Gasteiger partial charge in [-0.25, -0.2) is 0 Å². The van der Waals surface area contributed by atoms with Gasteiger partial charge in [0.2, 0.25) is 0 Å². The molecule has 0 spiro atoms. The van der Waals surface area contributed by atoms with Gasteiger partial charge in [0.25, 0.3) is 0 Å². The monoisotopic (exact) mass is 253 g/mol. The van der Waals surface area contributed by atoms with E-state index >= 15 is 0 Å². The van der Waals surface area contributed by atoms with E-state index in [1.165, 1.54) is 5.56 Å². The van der Waals surface area contributed by atoms with Crippen molar-refractivity contribution in [3.8, 4) is 0 Å². The van der Waals surface area contributed by atoms with Crippen LogP contribution in [0.3, 0.4) is 0 Å². The average Bonchev–Trinajstić information content (AvgIpc) is 2.06. The minimum atomic E-state index is 0. The second-order valence-corrected chi connectivity index (χ2v) is 2.74. The molecule has 0 saturated carbocycles. The summed E-state index contributed by atoms with van der Waals surface area (Å²) in [4.78, 5) is 0. The number of hydrogen-bond acceptors (Lipinski definition) is 1. The third kappa shape index (κ3) is 6.33. The number of hydrogen-bond donors (Lipinski definition) is 1. The molecule has 0 aliphatic heterocycles. The Hall–Kier alpha value is 0.244. The van der Waals surface area contributed by atoms with Crippen LogP contribution in [0.5, 0.6) is 0 Å². The first-order chi connectivity index (χ1) is 5.33. The zero-order chi connectivity index (χ0) is 8.10. The predicted molar refractivity (Wildman–Crippen MR) is 53.4 cm³/mol. The Morgan fingerprint density at radius 2 is 1.77 bits per heavy atom. The van der Waals surface area contributed by atoms with Crippen LogP contribution in [0.4, 0.5) is 0 Å². The molecule has 0 aliphatic carbocycles. The van der Waals surface area contributed by atoms with E-state index < -0.39 is 0 Å². The summed E-state index contributed by atoms with van der Waals surface area (Å²) >= 11 is 0. The second kappa shape index (κ2) is 8.83. The number of rotatable bonds is 3. The van der Waals surface area contributed by atoms with Gasteiger partial charge in [0, 0.05) is 32.7 Å². The molecule has 0 heterocycles. The first-order valence-corrected chi connectivity index (χ1v) is 3.91. The fraction of sp³-hybridized carbons (Fsp3) is 0.300. The molecule has 1 aromatic rings. The summed E-state index contributed by atoms with van der Waals surface area (Å²) < 4.78 is 0. The largest absolute Gasteiger partial charge is 0.693 e. The Balaban J connectivity index is 0. The summed E-state index contributed by atoms with van der Waals surface area (Å²) in [5, 5.41) is 0. The SMILES string of the molecule is [CH2-]CC(N)Cc1ccccc1.[NH2-].[Y]. The molecule has 0 amide bonds. The van der Waals surface area contributed by atoms with E-state index in [4.69, 9.17) is 5.73 Å². The molecule has 1 atom stereocenters. The maximum Gasteiger partial charge on any atom is 0 e. The summed E-state index contributed by atoms with van der Waals surface area (Å²) in [5.74, 6) is 0. The zero-order valence-corrected chi connectivity index (χ0v) is 10.7. The maximum absolute atomic E-state index is 5.74. The minimum absolute atomic E-state index is 0. The fourth-order valence-corrected chi connectivity index (χ4v) is 1.02. The number of nitrogens with two attached hydrogens (primary N) is 2. The molecule has 0 aliphatic rings. The van der Waals surface area contributed by atoms with Crippen LogP contribution in [0.2, 0.25) is 0 Å². The van der Waals surface area contributed by atoms with Gasteiger partial charge in [0.05, 0.1) is 0 Å². The normalized spacial score (nSPS) is 10.9.